The third-order valence-corrected chi connectivity index (χ3v) is 5.41. The standard InChI is InChI=1S/C15H20N2O5S/c1-7(18)9-11-15(3,4)12(23-6-5-16-8(2)19)10(14(21)22)17(11)13(9)20/h5-7,9,11,18H,1-4H3,(H,16,19)(H,21,22)/b6-5-. The molecule has 7 nitrogen and oxygen atoms in total. The van der Waals surface area contributed by atoms with E-state index in [2.05, 4.69) is 5.32 Å². The van der Waals surface area contributed by atoms with E-state index in [0.717, 1.165) is 11.8 Å². The number of hydrogen-bond acceptors (Lipinski definition) is 5. The van der Waals surface area contributed by atoms with Gasteiger partial charge in [0.2, 0.25) is 11.8 Å². The zero-order chi connectivity index (χ0) is 17.5. The van der Waals surface area contributed by atoms with Gasteiger partial charge in [0, 0.05) is 23.4 Å². The van der Waals surface area contributed by atoms with E-state index in [1.165, 1.54) is 24.9 Å². The molecule has 0 radical (unpaired) electrons. The first-order valence-corrected chi connectivity index (χ1v) is 8.06. The average Bonchev–Trinajstić information content (AvgIpc) is 2.59. The van der Waals surface area contributed by atoms with Crippen molar-refractivity contribution in [2.45, 2.75) is 39.8 Å². The van der Waals surface area contributed by atoms with Crippen molar-refractivity contribution in [1.82, 2.24) is 10.2 Å². The molecule has 126 valence electrons. The van der Waals surface area contributed by atoms with E-state index in [-0.39, 0.29) is 23.6 Å². The molecule has 0 aliphatic carbocycles. The van der Waals surface area contributed by atoms with E-state index in [9.17, 15) is 24.6 Å². The van der Waals surface area contributed by atoms with Crippen LogP contribution in [0.5, 0.6) is 0 Å². The molecule has 0 aromatic rings. The fourth-order valence-electron chi connectivity index (χ4n) is 3.21. The zero-order valence-electron chi connectivity index (χ0n) is 13.4. The molecule has 3 atom stereocenters. The normalized spacial score (nSPS) is 27.0. The summed E-state index contributed by atoms with van der Waals surface area (Å²) in [7, 11) is 0. The van der Waals surface area contributed by atoms with Gasteiger partial charge in [0.05, 0.1) is 18.1 Å². The molecule has 2 rings (SSSR count). The minimum atomic E-state index is -1.17. The van der Waals surface area contributed by atoms with Gasteiger partial charge >= 0.3 is 5.97 Å². The zero-order valence-corrected chi connectivity index (χ0v) is 14.2. The molecule has 0 bridgehead atoms. The number of β-lactam (4-membered cyclic amide) rings is 1. The summed E-state index contributed by atoms with van der Waals surface area (Å²) in [5.41, 5.74) is -0.645. The quantitative estimate of drug-likeness (QED) is 0.641. The number of nitrogens with one attached hydrogen (secondary N) is 1. The van der Waals surface area contributed by atoms with E-state index in [4.69, 9.17) is 0 Å². The van der Waals surface area contributed by atoms with Gasteiger partial charge in [-0.3, -0.25) is 9.59 Å². The second-order valence-corrected chi connectivity index (χ2v) is 7.16. The minimum Gasteiger partial charge on any atom is -0.477 e. The van der Waals surface area contributed by atoms with Gasteiger partial charge in [0.15, 0.2) is 0 Å². The number of carboxylic acids is 1. The summed E-state index contributed by atoms with van der Waals surface area (Å²) in [6, 6.07) is -0.377. The van der Waals surface area contributed by atoms with Crippen LogP contribution in [-0.4, -0.2) is 45.0 Å². The topological polar surface area (TPSA) is 107 Å². The van der Waals surface area contributed by atoms with Crippen LogP contribution in [0.25, 0.3) is 0 Å². The second-order valence-electron chi connectivity index (χ2n) is 6.25. The fraction of sp³-hybridized carbons (Fsp3) is 0.533. The summed E-state index contributed by atoms with van der Waals surface area (Å²) in [6.45, 7) is 6.63. The van der Waals surface area contributed by atoms with Crippen molar-refractivity contribution >= 4 is 29.5 Å². The van der Waals surface area contributed by atoms with Crippen molar-refractivity contribution in [3.63, 3.8) is 0 Å². The lowest BCUT2D eigenvalue weighted by molar-refractivity contribution is -0.166. The van der Waals surface area contributed by atoms with Crippen LogP contribution in [0.15, 0.2) is 22.2 Å². The largest absolute Gasteiger partial charge is 0.477 e. The number of hydrogen-bond donors (Lipinski definition) is 3. The number of aliphatic hydroxyl groups excluding tert-OH is 1. The lowest BCUT2D eigenvalue weighted by atomic mass is 9.71. The Morgan fingerprint density at radius 1 is 1.43 bits per heavy atom. The lowest BCUT2D eigenvalue weighted by Crippen LogP contribution is -2.65. The van der Waals surface area contributed by atoms with Crippen molar-refractivity contribution in [3.8, 4) is 0 Å². The molecule has 0 saturated carbocycles. The van der Waals surface area contributed by atoms with Gasteiger partial charge in [0.25, 0.3) is 0 Å². The van der Waals surface area contributed by atoms with Gasteiger partial charge in [-0.25, -0.2) is 4.79 Å². The highest BCUT2D eigenvalue weighted by molar-refractivity contribution is 8.05. The Bertz CT molecular complexity index is 623. The third-order valence-electron chi connectivity index (χ3n) is 4.18. The summed E-state index contributed by atoms with van der Waals surface area (Å²) in [4.78, 5) is 36.5. The van der Waals surface area contributed by atoms with Crippen molar-refractivity contribution in [2.24, 2.45) is 11.3 Å². The van der Waals surface area contributed by atoms with Crippen LogP contribution in [0.3, 0.4) is 0 Å². The van der Waals surface area contributed by atoms with Gasteiger partial charge in [-0.2, -0.15) is 0 Å². The molecule has 3 N–H and O–H groups in total. The molecule has 8 heteroatoms. The maximum atomic E-state index is 12.2. The number of thioether (sulfide) groups is 1. The molecule has 2 aliphatic rings. The van der Waals surface area contributed by atoms with Gasteiger partial charge in [-0.05, 0) is 12.3 Å². The summed E-state index contributed by atoms with van der Waals surface area (Å²) in [5.74, 6) is -2.37. The number of carbonyl (C=O) groups excluding carboxylic acids is 2. The van der Waals surface area contributed by atoms with Crippen LogP contribution < -0.4 is 5.32 Å². The molecule has 0 aromatic heterocycles. The summed E-state index contributed by atoms with van der Waals surface area (Å²) >= 11 is 1.16. The van der Waals surface area contributed by atoms with E-state index in [1.54, 1.807) is 5.41 Å². The van der Waals surface area contributed by atoms with E-state index in [0.29, 0.717) is 4.91 Å². The average molecular weight is 340 g/mol. The van der Waals surface area contributed by atoms with Crippen LogP contribution in [-0.2, 0) is 14.4 Å². The number of fused-ring (bicyclic) bond motifs is 1. The molecular formula is C15H20N2O5S. The summed E-state index contributed by atoms with van der Waals surface area (Å²) in [6.07, 6.45) is 0.594. The molecule has 2 amide bonds. The summed E-state index contributed by atoms with van der Waals surface area (Å²) < 4.78 is 0. The monoisotopic (exact) mass is 340 g/mol. The Kier molecular flexibility index (Phi) is 4.59. The van der Waals surface area contributed by atoms with E-state index >= 15 is 0 Å². The number of amides is 2. The molecular weight excluding hydrogens is 320 g/mol. The molecule has 0 spiro atoms. The third kappa shape index (κ3) is 2.76. The van der Waals surface area contributed by atoms with Gasteiger partial charge in [-0.1, -0.05) is 25.6 Å². The number of nitrogens with zero attached hydrogens (tertiary/aromatic N) is 1. The number of aliphatic carboxylic acids is 1. The van der Waals surface area contributed by atoms with Crippen LogP contribution in [0.1, 0.15) is 27.7 Å². The highest BCUT2D eigenvalue weighted by atomic mass is 32.2. The Labute approximate surface area is 138 Å². The maximum absolute atomic E-state index is 12.2. The number of carbonyl (C=O) groups is 3. The summed E-state index contributed by atoms with van der Waals surface area (Å²) in [5, 5.41) is 23.4. The Balaban J connectivity index is 2.34. The predicted octanol–water partition coefficient (Wildman–Crippen LogP) is 0.871. The molecule has 1 saturated heterocycles. The highest BCUT2D eigenvalue weighted by Gasteiger charge is 2.64. The first-order valence-electron chi connectivity index (χ1n) is 7.18. The van der Waals surface area contributed by atoms with Gasteiger partial charge in [0.1, 0.15) is 5.70 Å². The Hall–Kier alpha value is -1.80. The van der Waals surface area contributed by atoms with Crippen LogP contribution in [0, 0.1) is 11.3 Å². The van der Waals surface area contributed by atoms with Crippen LogP contribution >= 0.6 is 11.8 Å². The first kappa shape index (κ1) is 17.6. The SMILES string of the molecule is CC(=O)N/C=C\SC1=C(C(=O)O)N2C(=O)C(C(C)O)C2C1(C)C. The van der Waals surface area contributed by atoms with Gasteiger partial charge < -0.3 is 20.4 Å². The van der Waals surface area contributed by atoms with Crippen molar-refractivity contribution in [1.29, 1.82) is 0 Å². The molecule has 23 heavy (non-hydrogen) atoms. The van der Waals surface area contributed by atoms with Gasteiger partial charge in [-0.15, -0.1) is 0 Å². The lowest BCUT2D eigenvalue weighted by Gasteiger charge is -2.49. The van der Waals surface area contributed by atoms with Crippen molar-refractivity contribution in [2.75, 3.05) is 0 Å². The number of carboxylic acid groups (broad SMARTS) is 1. The molecule has 0 aromatic carbocycles. The molecule has 2 heterocycles. The van der Waals surface area contributed by atoms with Crippen molar-refractivity contribution < 1.29 is 24.6 Å². The second kappa shape index (κ2) is 6.01. The smallest absolute Gasteiger partial charge is 0.353 e. The predicted molar refractivity (Wildman–Crippen MR) is 84.8 cm³/mol. The van der Waals surface area contributed by atoms with Crippen LogP contribution in [0.4, 0.5) is 0 Å². The number of rotatable bonds is 5. The van der Waals surface area contributed by atoms with E-state index in [1.807, 2.05) is 13.8 Å². The molecule has 1 fully saturated rings. The molecule has 2 aliphatic heterocycles. The minimum absolute atomic E-state index is 0.0422. The van der Waals surface area contributed by atoms with Crippen molar-refractivity contribution in [3.05, 3.63) is 22.2 Å². The first-order chi connectivity index (χ1) is 10.6. The Morgan fingerprint density at radius 2 is 2.04 bits per heavy atom. The fourth-order valence-corrected chi connectivity index (χ4v) is 4.21. The highest BCUT2D eigenvalue weighted by Crippen LogP contribution is 2.57. The number of aliphatic hydroxyl groups is 1. The molecule has 3 unspecified atom stereocenters. The Morgan fingerprint density at radius 3 is 2.52 bits per heavy atom. The van der Waals surface area contributed by atoms with Crippen LogP contribution in [0.2, 0.25) is 0 Å². The van der Waals surface area contributed by atoms with E-state index < -0.39 is 23.4 Å². The maximum Gasteiger partial charge on any atom is 0.353 e.